The van der Waals surface area contributed by atoms with Crippen LogP contribution in [0.5, 0.6) is 0 Å². The Morgan fingerprint density at radius 2 is 2.07 bits per heavy atom. The highest BCUT2D eigenvalue weighted by Crippen LogP contribution is 2.41. The van der Waals surface area contributed by atoms with Gasteiger partial charge in [-0.2, -0.15) is 0 Å². The lowest BCUT2D eigenvalue weighted by molar-refractivity contribution is 0.160. The van der Waals surface area contributed by atoms with Crippen molar-refractivity contribution in [2.24, 2.45) is 17.3 Å². The molecule has 1 aliphatic carbocycles. The molecule has 1 aliphatic heterocycles. The third-order valence-corrected chi connectivity index (χ3v) is 4.14. The van der Waals surface area contributed by atoms with Gasteiger partial charge in [-0.05, 0) is 56.0 Å². The Kier molecular flexibility index (Phi) is 3.16. The van der Waals surface area contributed by atoms with Crippen LogP contribution in [0.4, 0.5) is 0 Å². The van der Waals surface area contributed by atoms with Gasteiger partial charge in [-0.1, -0.05) is 26.7 Å². The number of nitrogens with one attached hydrogen (secondary N) is 1. The summed E-state index contributed by atoms with van der Waals surface area (Å²) in [5, 5.41) is 3.48. The molecule has 2 atom stereocenters. The number of rotatable bonds is 2. The number of hydrogen-bond acceptors (Lipinski definition) is 1. The van der Waals surface area contributed by atoms with Crippen LogP contribution in [0.2, 0.25) is 0 Å². The van der Waals surface area contributed by atoms with E-state index in [0.29, 0.717) is 5.41 Å². The first kappa shape index (κ1) is 10.5. The molecule has 1 N–H and O–H groups in total. The smallest absolute Gasteiger partial charge is 0.00199 e. The molecule has 82 valence electrons. The highest BCUT2D eigenvalue weighted by Gasteiger charge is 2.29. The van der Waals surface area contributed by atoms with E-state index < -0.39 is 0 Å². The van der Waals surface area contributed by atoms with Gasteiger partial charge in [0.05, 0.1) is 0 Å². The quantitative estimate of drug-likeness (QED) is 0.713. The van der Waals surface area contributed by atoms with E-state index >= 15 is 0 Å². The summed E-state index contributed by atoms with van der Waals surface area (Å²) in [4.78, 5) is 0. The third-order valence-electron chi connectivity index (χ3n) is 4.14. The summed E-state index contributed by atoms with van der Waals surface area (Å²) in [5.74, 6) is 2.03. The summed E-state index contributed by atoms with van der Waals surface area (Å²) < 4.78 is 0. The van der Waals surface area contributed by atoms with Crippen molar-refractivity contribution in [1.29, 1.82) is 0 Å². The van der Waals surface area contributed by atoms with Crippen molar-refractivity contribution in [3.63, 3.8) is 0 Å². The highest BCUT2D eigenvalue weighted by atomic mass is 14.9. The number of hydrogen-bond donors (Lipinski definition) is 1. The summed E-state index contributed by atoms with van der Waals surface area (Å²) >= 11 is 0. The minimum atomic E-state index is 0.634. The molecule has 0 aromatic carbocycles. The Hall–Kier alpha value is -0.0400. The van der Waals surface area contributed by atoms with Gasteiger partial charge in [0, 0.05) is 0 Å². The second kappa shape index (κ2) is 4.22. The Morgan fingerprint density at radius 1 is 1.21 bits per heavy atom. The molecule has 1 nitrogen and oxygen atoms in total. The lowest BCUT2D eigenvalue weighted by Crippen LogP contribution is -2.24. The fourth-order valence-electron chi connectivity index (χ4n) is 3.44. The standard InChI is InChI=1S/C13H25N/c1-13(2)6-3-4-11(9-13)8-12-5-7-14-10-12/h11-12,14H,3-10H2,1-2H3. The van der Waals surface area contributed by atoms with Gasteiger partial charge in [-0.15, -0.1) is 0 Å². The summed E-state index contributed by atoms with van der Waals surface area (Å²) in [7, 11) is 0. The minimum absolute atomic E-state index is 0.634. The maximum absolute atomic E-state index is 3.48. The van der Waals surface area contributed by atoms with E-state index in [2.05, 4.69) is 19.2 Å². The largest absolute Gasteiger partial charge is 0.316 e. The van der Waals surface area contributed by atoms with Crippen molar-refractivity contribution in [3.05, 3.63) is 0 Å². The zero-order valence-electron chi connectivity index (χ0n) is 9.81. The van der Waals surface area contributed by atoms with Crippen LogP contribution in [0.25, 0.3) is 0 Å². The first-order valence-electron chi connectivity index (χ1n) is 6.36. The average Bonchev–Trinajstić information content (AvgIpc) is 2.54. The lowest BCUT2D eigenvalue weighted by atomic mass is 9.70. The van der Waals surface area contributed by atoms with E-state index in [9.17, 15) is 0 Å². The van der Waals surface area contributed by atoms with Crippen molar-refractivity contribution in [1.82, 2.24) is 5.32 Å². The summed E-state index contributed by atoms with van der Waals surface area (Å²) in [5.41, 5.74) is 0.634. The Balaban J connectivity index is 1.79. The van der Waals surface area contributed by atoms with Crippen LogP contribution in [0.1, 0.15) is 52.4 Å². The van der Waals surface area contributed by atoms with E-state index in [-0.39, 0.29) is 0 Å². The molecule has 2 unspecified atom stereocenters. The predicted octanol–water partition coefficient (Wildman–Crippen LogP) is 3.20. The van der Waals surface area contributed by atoms with Crippen molar-refractivity contribution < 1.29 is 0 Å². The van der Waals surface area contributed by atoms with Gasteiger partial charge < -0.3 is 5.32 Å². The zero-order valence-corrected chi connectivity index (χ0v) is 9.81. The van der Waals surface area contributed by atoms with Crippen LogP contribution in [-0.2, 0) is 0 Å². The van der Waals surface area contributed by atoms with Crippen LogP contribution in [0.15, 0.2) is 0 Å². The summed E-state index contributed by atoms with van der Waals surface area (Å²) in [6, 6.07) is 0. The van der Waals surface area contributed by atoms with Gasteiger partial charge in [0.15, 0.2) is 0 Å². The Bertz CT molecular complexity index is 180. The highest BCUT2D eigenvalue weighted by molar-refractivity contribution is 4.82. The van der Waals surface area contributed by atoms with E-state index in [1.165, 1.54) is 51.6 Å². The maximum atomic E-state index is 3.48. The van der Waals surface area contributed by atoms with Crippen molar-refractivity contribution >= 4 is 0 Å². The van der Waals surface area contributed by atoms with Crippen molar-refractivity contribution in [2.45, 2.75) is 52.4 Å². The topological polar surface area (TPSA) is 12.0 Å². The molecule has 1 heterocycles. The van der Waals surface area contributed by atoms with Gasteiger partial charge in [0.1, 0.15) is 0 Å². The Labute approximate surface area is 88.7 Å². The van der Waals surface area contributed by atoms with Crippen LogP contribution in [0, 0.1) is 17.3 Å². The first-order chi connectivity index (χ1) is 6.66. The van der Waals surface area contributed by atoms with Gasteiger partial charge in [0.2, 0.25) is 0 Å². The summed E-state index contributed by atoms with van der Waals surface area (Å²) in [6.45, 7) is 7.45. The summed E-state index contributed by atoms with van der Waals surface area (Å²) in [6.07, 6.45) is 8.82. The molecule has 0 aromatic rings. The van der Waals surface area contributed by atoms with Crippen molar-refractivity contribution in [2.75, 3.05) is 13.1 Å². The van der Waals surface area contributed by atoms with Gasteiger partial charge >= 0.3 is 0 Å². The SMILES string of the molecule is CC1(C)CCCC(CC2CCNC2)C1. The lowest BCUT2D eigenvalue weighted by Gasteiger charge is -2.36. The molecule has 0 amide bonds. The molecular weight excluding hydrogens is 170 g/mol. The average molecular weight is 195 g/mol. The zero-order chi connectivity index (χ0) is 10.0. The molecule has 14 heavy (non-hydrogen) atoms. The molecule has 0 radical (unpaired) electrons. The van der Waals surface area contributed by atoms with E-state index in [4.69, 9.17) is 0 Å². The monoisotopic (exact) mass is 195 g/mol. The molecule has 1 saturated carbocycles. The van der Waals surface area contributed by atoms with Crippen LogP contribution in [-0.4, -0.2) is 13.1 Å². The molecule has 0 spiro atoms. The van der Waals surface area contributed by atoms with E-state index in [0.717, 1.165) is 11.8 Å². The Morgan fingerprint density at radius 3 is 2.71 bits per heavy atom. The maximum Gasteiger partial charge on any atom is -0.00199 e. The van der Waals surface area contributed by atoms with E-state index in [1.807, 2.05) is 0 Å². The van der Waals surface area contributed by atoms with Gasteiger partial charge in [0.25, 0.3) is 0 Å². The van der Waals surface area contributed by atoms with Crippen LogP contribution in [0.3, 0.4) is 0 Å². The molecule has 0 aromatic heterocycles. The molecular formula is C13H25N. The third kappa shape index (κ3) is 2.73. The molecule has 2 aliphatic rings. The second-order valence-corrected chi connectivity index (χ2v) is 6.22. The molecule has 1 heteroatoms. The van der Waals surface area contributed by atoms with E-state index in [1.54, 1.807) is 0 Å². The minimum Gasteiger partial charge on any atom is -0.316 e. The van der Waals surface area contributed by atoms with Gasteiger partial charge in [-0.25, -0.2) is 0 Å². The van der Waals surface area contributed by atoms with Gasteiger partial charge in [-0.3, -0.25) is 0 Å². The molecule has 0 bridgehead atoms. The van der Waals surface area contributed by atoms with Crippen molar-refractivity contribution in [3.8, 4) is 0 Å². The fourth-order valence-corrected chi connectivity index (χ4v) is 3.44. The molecule has 2 fully saturated rings. The molecule has 2 rings (SSSR count). The fraction of sp³-hybridized carbons (Fsp3) is 1.00. The van der Waals surface area contributed by atoms with Crippen LogP contribution >= 0.6 is 0 Å². The van der Waals surface area contributed by atoms with Crippen LogP contribution < -0.4 is 5.32 Å². The normalized spacial score (nSPS) is 37.3. The first-order valence-corrected chi connectivity index (χ1v) is 6.36. The second-order valence-electron chi connectivity index (χ2n) is 6.22. The molecule has 1 saturated heterocycles. The predicted molar refractivity (Wildman–Crippen MR) is 61.3 cm³/mol.